The fourth-order valence-corrected chi connectivity index (χ4v) is 2.44. The molecule has 2 aromatic heterocycles. The Morgan fingerprint density at radius 2 is 2.16 bits per heavy atom. The molecule has 0 aliphatic carbocycles. The molecule has 0 aromatic carbocycles. The minimum absolute atomic E-state index is 0.0608. The van der Waals surface area contributed by atoms with Crippen molar-refractivity contribution in [2.75, 3.05) is 6.54 Å². The van der Waals surface area contributed by atoms with E-state index in [1.807, 2.05) is 0 Å². The molecule has 0 aliphatic heterocycles. The van der Waals surface area contributed by atoms with Gasteiger partial charge in [0.2, 0.25) is 0 Å². The van der Waals surface area contributed by atoms with Gasteiger partial charge in [-0.2, -0.15) is 0 Å². The number of nitrogens with one attached hydrogen (secondary N) is 2. The Morgan fingerprint density at radius 1 is 1.32 bits per heavy atom. The lowest BCUT2D eigenvalue weighted by Crippen LogP contribution is -2.26. The number of nitrogens with zero attached hydrogens (tertiary/aromatic N) is 2. The second kappa shape index (κ2) is 5.91. The Labute approximate surface area is 110 Å². The van der Waals surface area contributed by atoms with Gasteiger partial charge in [0.15, 0.2) is 5.03 Å². The Balaban J connectivity index is 1.97. The highest BCUT2D eigenvalue weighted by molar-refractivity contribution is 7.89. The zero-order valence-electron chi connectivity index (χ0n) is 10.1. The van der Waals surface area contributed by atoms with Gasteiger partial charge < -0.3 is 10.1 Å². The maximum atomic E-state index is 11.9. The number of aromatic nitrogens is 3. The predicted octanol–water partition coefficient (Wildman–Crippen LogP) is -0.182. The van der Waals surface area contributed by atoms with Crippen molar-refractivity contribution < 1.29 is 13.5 Å². The number of aliphatic hydroxyl groups is 1. The molecule has 102 valence electrons. The molecule has 0 aliphatic rings. The smallest absolute Gasteiger partial charge is 0.258 e. The molecule has 0 atom stereocenters. The van der Waals surface area contributed by atoms with E-state index in [0.29, 0.717) is 12.0 Å². The van der Waals surface area contributed by atoms with Crippen LogP contribution in [0.1, 0.15) is 11.3 Å². The highest BCUT2D eigenvalue weighted by Gasteiger charge is 2.14. The van der Waals surface area contributed by atoms with Crippen molar-refractivity contribution in [1.82, 2.24) is 19.7 Å². The van der Waals surface area contributed by atoms with Crippen LogP contribution < -0.4 is 4.72 Å². The van der Waals surface area contributed by atoms with Crippen LogP contribution in [0.15, 0.2) is 35.9 Å². The molecule has 0 fully saturated rings. The summed E-state index contributed by atoms with van der Waals surface area (Å²) in [5.74, 6) is 0. The maximum absolute atomic E-state index is 11.9. The van der Waals surface area contributed by atoms with E-state index in [9.17, 15) is 8.42 Å². The molecule has 2 aromatic rings. The molecule has 2 heterocycles. The summed E-state index contributed by atoms with van der Waals surface area (Å²) in [7, 11) is -3.62. The molecule has 0 saturated carbocycles. The third kappa shape index (κ3) is 3.60. The Morgan fingerprint density at radius 3 is 2.74 bits per heavy atom. The van der Waals surface area contributed by atoms with Gasteiger partial charge in [0.1, 0.15) is 0 Å². The number of H-pyrrole nitrogens is 1. The number of pyridine rings is 1. The van der Waals surface area contributed by atoms with E-state index in [2.05, 4.69) is 19.7 Å². The average molecular weight is 282 g/mol. The van der Waals surface area contributed by atoms with Crippen LogP contribution in [0.25, 0.3) is 0 Å². The summed E-state index contributed by atoms with van der Waals surface area (Å²) in [4.78, 5) is 10.5. The standard InChI is InChI=1S/C11H14N4O3S/c16-7-9-1-2-11(13-5-9)19(17,18)15-4-3-10-6-12-8-14-10/h1-2,5-6,8,15-16H,3-4,7H2,(H,12,14). The van der Waals surface area contributed by atoms with E-state index in [1.54, 1.807) is 12.5 Å². The predicted molar refractivity (Wildman–Crippen MR) is 67.6 cm³/mol. The molecule has 19 heavy (non-hydrogen) atoms. The van der Waals surface area contributed by atoms with Crippen molar-refractivity contribution in [3.8, 4) is 0 Å². The van der Waals surface area contributed by atoms with Crippen LogP contribution in [0.5, 0.6) is 0 Å². The lowest BCUT2D eigenvalue weighted by atomic mass is 10.3. The molecule has 3 N–H and O–H groups in total. The molecule has 0 amide bonds. The number of aliphatic hydroxyl groups excluding tert-OH is 1. The van der Waals surface area contributed by atoms with E-state index in [4.69, 9.17) is 5.11 Å². The van der Waals surface area contributed by atoms with Crippen molar-refractivity contribution in [1.29, 1.82) is 0 Å². The Bertz CT molecular complexity index is 608. The molecule has 0 bridgehead atoms. The van der Waals surface area contributed by atoms with Crippen molar-refractivity contribution >= 4 is 10.0 Å². The van der Waals surface area contributed by atoms with Crippen molar-refractivity contribution in [2.45, 2.75) is 18.1 Å². The van der Waals surface area contributed by atoms with Gasteiger partial charge in [-0.15, -0.1) is 0 Å². The maximum Gasteiger partial charge on any atom is 0.258 e. The van der Waals surface area contributed by atoms with Gasteiger partial charge in [-0.25, -0.2) is 23.1 Å². The monoisotopic (exact) mass is 282 g/mol. The highest BCUT2D eigenvalue weighted by Crippen LogP contribution is 2.06. The second-order valence-corrected chi connectivity index (χ2v) is 5.60. The summed E-state index contributed by atoms with van der Waals surface area (Å²) in [6, 6.07) is 2.89. The zero-order chi connectivity index (χ0) is 13.7. The summed E-state index contributed by atoms with van der Waals surface area (Å²) in [6.07, 6.45) is 5.04. The van der Waals surface area contributed by atoms with Crippen LogP contribution in [-0.2, 0) is 23.1 Å². The van der Waals surface area contributed by atoms with Crippen LogP contribution in [-0.4, -0.2) is 35.0 Å². The first-order valence-corrected chi connectivity index (χ1v) is 7.13. The first-order chi connectivity index (χ1) is 9.12. The zero-order valence-corrected chi connectivity index (χ0v) is 10.9. The average Bonchev–Trinajstić information content (AvgIpc) is 2.92. The number of imidazole rings is 1. The van der Waals surface area contributed by atoms with E-state index < -0.39 is 10.0 Å². The van der Waals surface area contributed by atoms with E-state index in [0.717, 1.165) is 5.69 Å². The van der Waals surface area contributed by atoms with Gasteiger partial charge in [0.25, 0.3) is 10.0 Å². The van der Waals surface area contributed by atoms with Gasteiger partial charge in [0.05, 0.1) is 12.9 Å². The van der Waals surface area contributed by atoms with Crippen LogP contribution in [0.2, 0.25) is 0 Å². The molecule has 8 heteroatoms. The molecular formula is C11H14N4O3S. The minimum Gasteiger partial charge on any atom is -0.392 e. The lowest BCUT2D eigenvalue weighted by Gasteiger charge is -2.05. The van der Waals surface area contributed by atoms with Crippen molar-refractivity contribution in [3.63, 3.8) is 0 Å². The highest BCUT2D eigenvalue weighted by atomic mass is 32.2. The molecule has 2 rings (SSSR count). The van der Waals surface area contributed by atoms with E-state index in [1.165, 1.54) is 18.3 Å². The third-order valence-corrected chi connectivity index (χ3v) is 3.87. The number of sulfonamides is 1. The SMILES string of the molecule is O=S(=O)(NCCc1cnc[nH]1)c1ccc(CO)cn1. The van der Waals surface area contributed by atoms with Crippen LogP contribution in [0.3, 0.4) is 0 Å². The summed E-state index contributed by atoms with van der Waals surface area (Å²) >= 11 is 0. The Hall–Kier alpha value is -1.77. The van der Waals surface area contributed by atoms with Crippen molar-refractivity contribution in [2.24, 2.45) is 0 Å². The van der Waals surface area contributed by atoms with Gasteiger partial charge >= 0.3 is 0 Å². The fraction of sp³-hybridized carbons (Fsp3) is 0.273. The molecule has 7 nitrogen and oxygen atoms in total. The summed E-state index contributed by atoms with van der Waals surface area (Å²) < 4.78 is 26.2. The number of aromatic amines is 1. The van der Waals surface area contributed by atoms with Crippen LogP contribution in [0, 0.1) is 0 Å². The number of rotatable bonds is 6. The quantitative estimate of drug-likeness (QED) is 0.681. The molecular weight excluding hydrogens is 268 g/mol. The first kappa shape index (κ1) is 13.7. The molecule has 0 unspecified atom stereocenters. The Kier molecular flexibility index (Phi) is 4.25. The largest absolute Gasteiger partial charge is 0.392 e. The summed E-state index contributed by atoms with van der Waals surface area (Å²) in [6.45, 7) is 0.0918. The van der Waals surface area contributed by atoms with E-state index in [-0.39, 0.29) is 18.2 Å². The van der Waals surface area contributed by atoms with E-state index >= 15 is 0 Å². The summed E-state index contributed by atoms with van der Waals surface area (Å²) in [5.41, 5.74) is 1.42. The topological polar surface area (TPSA) is 108 Å². The number of hydrogen-bond donors (Lipinski definition) is 3. The van der Waals surface area contributed by atoms with Crippen LogP contribution in [0.4, 0.5) is 0 Å². The van der Waals surface area contributed by atoms with Crippen molar-refractivity contribution in [3.05, 3.63) is 42.1 Å². The molecule has 0 radical (unpaired) electrons. The third-order valence-electron chi connectivity index (χ3n) is 2.50. The fourth-order valence-electron chi connectivity index (χ4n) is 1.48. The van der Waals surface area contributed by atoms with Gasteiger partial charge in [0, 0.05) is 31.1 Å². The van der Waals surface area contributed by atoms with Gasteiger partial charge in [-0.1, -0.05) is 6.07 Å². The molecule has 0 spiro atoms. The minimum atomic E-state index is -3.62. The molecule has 0 saturated heterocycles. The summed E-state index contributed by atoms with van der Waals surface area (Å²) in [5, 5.41) is 8.80. The number of hydrogen-bond acceptors (Lipinski definition) is 5. The van der Waals surface area contributed by atoms with Crippen LogP contribution >= 0.6 is 0 Å². The van der Waals surface area contributed by atoms with Gasteiger partial charge in [-0.3, -0.25) is 0 Å². The lowest BCUT2D eigenvalue weighted by molar-refractivity contribution is 0.281. The normalized spacial score (nSPS) is 11.6. The van der Waals surface area contributed by atoms with Gasteiger partial charge in [-0.05, 0) is 11.6 Å². The second-order valence-electron chi connectivity index (χ2n) is 3.89. The first-order valence-electron chi connectivity index (χ1n) is 5.64.